The second-order valence-electron chi connectivity index (χ2n) is 5.14. The van der Waals surface area contributed by atoms with E-state index in [-0.39, 0.29) is 5.56 Å². The minimum atomic E-state index is -0.524. The van der Waals surface area contributed by atoms with Gasteiger partial charge in [0.15, 0.2) is 0 Å². The van der Waals surface area contributed by atoms with Crippen LogP contribution in [0.5, 0.6) is 0 Å². The van der Waals surface area contributed by atoms with Gasteiger partial charge in [-0.25, -0.2) is 4.39 Å². The van der Waals surface area contributed by atoms with Crippen molar-refractivity contribution in [2.24, 2.45) is 0 Å². The molecular formula is C17H16FNO2. The first-order valence-electron chi connectivity index (χ1n) is 6.99. The van der Waals surface area contributed by atoms with E-state index in [1.807, 2.05) is 12.1 Å². The molecule has 2 aromatic rings. The van der Waals surface area contributed by atoms with Crippen LogP contribution < -0.4 is 5.32 Å². The van der Waals surface area contributed by atoms with Gasteiger partial charge in [0.25, 0.3) is 5.91 Å². The Morgan fingerprint density at radius 2 is 1.86 bits per heavy atom. The molecule has 0 radical (unpaired) electrons. The van der Waals surface area contributed by atoms with E-state index in [2.05, 4.69) is 5.32 Å². The number of nitrogens with one attached hydrogen (secondary N) is 1. The molecule has 0 atom stereocenters. The van der Waals surface area contributed by atoms with Crippen LogP contribution in [-0.4, -0.2) is 12.0 Å². The molecule has 0 aromatic heterocycles. The molecule has 1 amide bonds. The third-order valence-electron chi connectivity index (χ3n) is 3.34. The van der Waals surface area contributed by atoms with Gasteiger partial charge < -0.3 is 10.1 Å². The normalized spacial score (nSPS) is 14.0. The molecule has 2 aromatic carbocycles. The van der Waals surface area contributed by atoms with Crippen LogP contribution in [0.15, 0.2) is 48.5 Å². The highest BCUT2D eigenvalue weighted by Gasteiger charge is 2.21. The highest BCUT2D eigenvalue weighted by atomic mass is 19.1. The maximum Gasteiger partial charge on any atom is 0.258 e. The summed E-state index contributed by atoms with van der Waals surface area (Å²) in [4.78, 5) is 12.0. The topological polar surface area (TPSA) is 38.3 Å². The summed E-state index contributed by atoms with van der Waals surface area (Å²) in [6.45, 7) is 0.589. The van der Waals surface area contributed by atoms with Gasteiger partial charge in [-0.2, -0.15) is 0 Å². The lowest BCUT2D eigenvalue weighted by atomic mass is 10.2. The summed E-state index contributed by atoms with van der Waals surface area (Å²) in [6, 6.07) is 13.3. The van der Waals surface area contributed by atoms with Crippen molar-refractivity contribution < 1.29 is 13.9 Å². The second kappa shape index (κ2) is 6.06. The minimum absolute atomic E-state index is 0.0404. The molecule has 1 fully saturated rings. The van der Waals surface area contributed by atoms with Crippen molar-refractivity contribution in [2.75, 3.05) is 5.32 Å². The van der Waals surface area contributed by atoms with Crippen molar-refractivity contribution in [1.29, 1.82) is 0 Å². The van der Waals surface area contributed by atoms with Crippen LogP contribution in [0.3, 0.4) is 0 Å². The van der Waals surface area contributed by atoms with Gasteiger partial charge in [-0.1, -0.05) is 24.3 Å². The van der Waals surface area contributed by atoms with E-state index in [9.17, 15) is 9.18 Å². The summed E-state index contributed by atoms with van der Waals surface area (Å²) in [5.74, 6) is -0.973. The van der Waals surface area contributed by atoms with Crippen molar-refractivity contribution in [2.45, 2.75) is 25.6 Å². The molecule has 3 rings (SSSR count). The third kappa shape index (κ3) is 3.67. The molecular weight excluding hydrogens is 269 g/mol. The number of carbonyl (C=O) groups is 1. The van der Waals surface area contributed by atoms with Gasteiger partial charge in [-0.3, -0.25) is 4.79 Å². The van der Waals surface area contributed by atoms with Crippen LogP contribution in [0.25, 0.3) is 0 Å². The lowest BCUT2D eigenvalue weighted by molar-refractivity contribution is 0.102. The predicted octanol–water partition coefficient (Wildman–Crippen LogP) is 3.76. The minimum Gasteiger partial charge on any atom is -0.374 e. The number of hydrogen-bond donors (Lipinski definition) is 1. The summed E-state index contributed by atoms with van der Waals surface area (Å²) in [6.07, 6.45) is 2.72. The summed E-state index contributed by atoms with van der Waals surface area (Å²) in [5.41, 5.74) is 1.74. The molecule has 0 heterocycles. The lowest BCUT2D eigenvalue weighted by Crippen LogP contribution is -2.13. The standard InChI is InChI=1S/C17H16FNO2/c18-16-4-2-1-3-15(16)17(20)19-13-7-5-12(6-8-13)11-21-14-9-10-14/h1-8,14H,9-11H2,(H,19,20). The van der Waals surface area contributed by atoms with Crippen LogP contribution in [0, 0.1) is 5.82 Å². The molecule has 0 unspecified atom stereocenters. The molecule has 3 nitrogen and oxygen atoms in total. The van der Waals surface area contributed by atoms with Gasteiger partial charge in [0.1, 0.15) is 5.82 Å². The molecule has 0 spiro atoms. The van der Waals surface area contributed by atoms with E-state index in [0.717, 1.165) is 18.4 Å². The van der Waals surface area contributed by atoms with Gasteiger partial charge in [0.05, 0.1) is 18.3 Å². The van der Waals surface area contributed by atoms with Gasteiger partial charge in [-0.05, 0) is 42.7 Å². The second-order valence-corrected chi connectivity index (χ2v) is 5.14. The van der Waals surface area contributed by atoms with Crippen LogP contribution in [0.1, 0.15) is 28.8 Å². The molecule has 21 heavy (non-hydrogen) atoms. The maximum absolute atomic E-state index is 13.5. The molecule has 0 aliphatic heterocycles. The molecule has 1 aliphatic rings. The van der Waals surface area contributed by atoms with E-state index in [4.69, 9.17) is 4.74 Å². The SMILES string of the molecule is O=C(Nc1ccc(COC2CC2)cc1)c1ccccc1F. The smallest absolute Gasteiger partial charge is 0.258 e. The Hall–Kier alpha value is -2.20. The van der Waals surface area contributed by atoms with E-state index < -0.39 is 11.7 Å². The van der Waals surface area contributed by atoms with Gasteiger partial charge >= 0.3 is 0 Å². The Bertz CT molecular complexity index is 635. The molecule has 4 heteroatoms. The number of carbonyl (C=O) groups excluding carboxylic acids is 1. The number of anilines is 1. The van der Waals surface area contributed by atoms with Crippen molar-refractivity contribution in [3.63, 3.8) is 0 Å². The number of hydrogen-bond acceptors (Lipinski definition) is 2. The Kier molecular flexibility index (Phi) is 3.97. The average molecular weight is 285 g/mol. The molecule has 1 aliphatic carbocycles. The predicted molar refractivity (Wildman–Crippen MR) is 78.6 cm³/mol. The zero-order chi connectivity index (χ0) is 14.7. The Labute approximate surface area is 122 Å². The first kappa shape index (κ1) is 13.8. The fourth-order valence-electron chi connectivity index (χ4n) is 1.98. The fraction of sp³-hybridized carbons (Fsp3) is 0.235. The van der Waals surface area contributed by atoms with E-state index in [1.54, 1.807) is 24.3 Å². The van der Waals surface area contributed by atoms with Crippen molar-refractivity contribution in [3.8, 4) is 0 Å². The largest absolute Gasteiger partial charge is 0.374 e. The summed E-state index contributed by atoms with van der Waals surface area (Å²) in [5, 5.41) is 2.68. The number of halogens is 1. The Morgan fingerprint density at radius 3 is 2.52 bits per heavy atom. The average Bonchev–Trinajstić information content (AvgIpc) is 3.31. The van der Waals surface area contributed by atoms with Crippen LogP contribution in [0.4, 0.5) is 10.1 Å². The van der Waals surface area contributed by atoms with E-state index in [0.29, 0.717) is 18.4 Å². The monoisotopic (exact) mass is 285 g/mol. The number of ether oxygens (including phenoxy) is 1. The quantitative estimate of drug-likeness (QED) is 0.908. The summed E-state index contributed by atoms with van der Waals surface area (Å²) < 4.78 is 19.1. The van der Waals surface area contributed by atoms with Gasteiger partial charge in [-0.15, -0.1) is 0 Å². The molecule has 1 N–H and O–H groups in total. The molecule has 1 saturated carbocycles. The van der Waals surface area contributed by atoms with Gasteiger partial charge in [0.2, 0.25) is 0 Å². The number of amides is 1. The van der Waals surface area contributed by atoms with Gasteiger partial charge in [0, 0.05) is 5.69 Å². The summed E-state index contributed by atoms with van der Waals surface area (Å²) in [7, 11) is 0. The van der Waals surface area contributed by atoms with Crippen molar-refractivity contribution in [1.82, 2.24) is 0 Å². The maximum atomic E-state index is 13.5. The molecule has 0 bridgehead atoms. The van der Waals surface area contributed by atoms with Crippen molar-refractivity contribution >= 4 is 11.6 Å². The zero-order valence-corrected chi connectivity index (χ0v) is 11.5. The van der Waals surface area contributed by atoms with E-state index >= 15 is 0 Å². The third-order valence-corrected chi connectivity index (χ3v) is 3.34. The highest BCUT2D eigenvalue weighted by Crippen LogP contribution is 2.25. The first-order valence-corrected chi connectivity index (χ1v) is 6.99. The van der Waals surface area contributed by atoms with Crippen molar-refractivity contribution in [3.05, 3.63) is 65.5 Å². The Morgan fingerprint density at radius 1 is 1.14 bits per heavy atom. The highest BCUT2D eigenvalue weighted by molar-refractivity contribution is 6.04. The number of benzene rings is 2. The van der Waals surface area contributed by atoms with Crippen LogP contribution >= 0.6 is 0 Å². The zero-order valence-electron chi connectivity index (χ0n) is 11.5. The lowest BCUT2D eigenvalue weighted by Gasteiger charge is -2.07. The Balaban J connectivity index is 1.61. The van der Waals surface area contributed by atoms with Crippen LogP contribution in [0.2, 0.25) is 0 Å². The molecule has 0 saturated heterocycles. The van der Waals surface area contributed by atoms with Crippen LogP contribution in [-0.2, 0) is 11.3 Å². The number of rotatable bonds is 5. The summed E-state index contributed by atoms with van der Waals surface area (Å²) >= 11 is 0. The first-order chi connectivity index (χ1) is 10.2. The van der Waals surface area contributed by atoms with E-state index in [1.165, 1.54) is 12.1 Å². The fourth-order valence-corrected chi connectivity index (χ4v) is 1.98. The molecule has 108 valence electrons.